The molecule has 3 rings (SSSR count). The number of nitrogens with one attached hydrogen (secondary N) is 1. The number of hydrogen-bond acceptors (Lipinski definition) is 3. The molecule has 0 fully saturated rings. The molecule has 1 amide bonds. The topological polar surface area (TPSA) is 68.3 Å². The summed E-state index contributed by atoms with van der Waals surface area (Å²) in [6.45, 7) is 0. The second-order valence-electron chi connectivity index (χ2n) is 4.97. The van der Waals surface area contributed by atoms with E-state index < -0.39 is 5.91 Å². The lowest BCUT2D eigenvalue weighted by Crippen LogP contribution is -2.12. The van der Waals surface area contributed by atoms with E-state index in [9.17, 15) is 4.79 Å². The van der Waals surface area contributed by atoms with Crippen LogP contribution in [0.25, 0.3) is 11.3 Å². The fourth-order valence-electron chi connectivity index (χ4n) is 2.13. The number of carbonyl (C=O) groups is 1. The van der Waals surface area contributed by atoms with Crippen LogP contribution in [0.4, 0.5) is 11.4 Å². The highest BCUT2D eigenvalue weighted by Gasteiger charge is 2.15. The van der Waals surface area contributed by atoms with Crippen LogP contribution in [0.1, 0.15) is 10.6 Å². The van der Waals surface area contributed by atoms with Crippen LogP contribution < -0.4 is 11.1 Å². The van der Waals surface area contributed by atoms with Crippen molar-refractivity contribution in [2.75, 3.05) is 11.1 Å². The second kappa shape index (κ2) is 6.77. The first-order chi connectivity index (χ1) is 11.4. The summed E-state index contributed by atoms with van der Waals surface area (Å²) in [6.07, 6.45) is 0. The molecule has 0 spiro atoms. The van der Waals surface area contributed by atoms with Crippen LogP contribution in [0.3, 0.4) is 0 Å². The van der Waals surface area contributed by atoms with E-state index >= 15 is 0 Å². The van der Waals surface area contributed by atoms with Crippen molar-refractivity contribution in [3.05, 3.63) is 69.4 Å². The fraction of sp³-hybridized carbons (Fsp3) is 0. The highest BCUT2D eigenvalue weighted by atomic mass is 35.5. The third-order valence-electron chi connectivity index (χ3n) is 3.29. The average molecular weight is 382 g/mol. The van der Waals surface area contributed by atoms with Gasteiger partial charge in [0.05, 0.1) is 16.4 Å². The molecule has 4 nitrogen and oxygen atoms in total. The van der Waals surface area contributed by atoms with Crippen molar-refractivity contribution in [3.63, 3.8) is 0 Å². The minimum Gasteiger partial charge on any atom is -0.451 e. The number of halogens is 3. The quantitative estimate of drug-likeness (QED) is 0.568. The number of carbonyl (C=O) groups excluding carboxylic acids is 1. The van der Waals surface area contributed by atoms with E-state index in [-0.39, 0.29) is 5.76 Å². The van der Waals surface area contributed by atoms with E-state index in [2.05, 4.69) is 5.32 Å². The van der Waals surface area contributed by atoms with Crippen LogP contribution in [0.15, 0.2) is 52.9 Å². The zero-order valence-corrected chi connectivity index (χ0v) is 14.4. The Labute approximate surface area is 153 Å². The number of amides is 1. The van der Waals surface area contributed by atoms with Gasteiger partial charge in [-0.25, -0.2) is 0 Å². The molecule has 0 bridgehead atoms. The van der Waals surface area contributed by atoms with Gasteiger partial charge in [0, 0.05) is 15.6 Å². The molecule has 0 saturated heterocycles. The minimum absolute atomic E-state index is 0.130. The van der Waals surface area contributed by atoms with Crippen molar-refractivity contribution in [1.82, 2.24) is 0 Å². The molecule has 7 heteroatoms. The maximum absolute atomic E-state index is 12.3. The Morgan fingerprint density at radius 2 is 1.67 bits per heavy atom. The lowest BCUT2D eigenvalue weighted by Gasteiger charge is -2.07. The molecule has 3 aromatic rings. The van der Waals surface area contributed by atoms with Crippen molar-refractivity contribution in [2.24, 2.45) is 0 Å². The molecular formula is C17H11Cl3N2O2. The Balaban J connectivity index is 1.83. The fourth-order valence-corrected chi connectivity index (χ4v) is 2.81. The molecule has 122 valence electrons. The van der Waals surface area contributed by atoms with Crippen molar-refractivity contribution in [1.29, 1.82) is 0 Å². The zero-order chi connectivity index (χ0) is 17.3. The third-order valence-corrected chi connectivity index (χ3v) is 4.07. The molecule has 0 radical (unpaired) electrons. The first kappa shape index (κ1) is 16.7. The van der Waals surface area contributed by atoms with Gasteiger partial charge in [-0.3, -0.25) is 4.79 Å². The van der Waals surface area contributed by atoms with Gasteiger partial charge in [-0.15, -0.1) is 0 Å². The maximum Gasteiger partial charge on any atom is 0.291 e. The predicted octanol–water partition coefficient (Wildman–Crippen LogP) is 5.74. The Bertz CT molecular complexity index is 922. The molecule has 0 unspecified atom stereocenters. The normalized spacial score (nSPS) is 10.6. The van der Waals surface area contributed by atoms with Gasteiger partial charge in [0.15, 0.2) is 5.76 Å². The van der Waals surface area contributed by atoms with Crippen LogP contribution in [0, 0.1) is 0 Å². The van der Waals surface area contributed by atoms with Crippen molar-refractivity contribution < 1.29 is 9.21 Å². The van der Waals surface area contributed by atoms with E-state index in [1.54, 1.807) is 48.5 Å². The summed E-state index contributed by atoms with van der Waals surface area (Å²) < 4.78 is 5.58. The van der Waals surface area contributed by atoms with Gasteiger partial charge in [0.1, 0.15) is 5.76 Å². The Kier molecular flexibility index (Phi) is 4.71. The smallest absolute Gasteiger partial charge is 0.291 e. The van der Waals surface area contributed by atoms with Crippen LogP contribution in [-0.2, 0) is 0 Å². The van der Waals surface area contributed by atoms with E-state index in [0.29, 0.717) is 37.8 Å². The summed E-state index contributed by atoms with van der Waals surface area (Å²) in [7, 11) is 0. The largest absolute Gasteiger partial charge is 0.451 e. The number of rotatable bonds is 3. The van der Waals surface area contributed by atoms with Gasteiger partial charge in [0.25, 0.3) is 5.91 Å². The molecule has 24 heavy (non-hydrogen) atoms. The number of nitrogen functional groups attached to an aromatic ring is 1. The van der Waals surface area contributed by atoms with E-state index in [0.717, 1.165) is 0 Å². The number of anilines is 2. The lowest BCUT2D eigenvalue weighted by atomic mass is 10.2. The average Bonchev–Trinajstić information content (AvgIpc) is 3.00. The number of furan rings is 1. The molecule has 3 N–H and O–H groups in total. The first-order valence-electron chi connectivity index (χ1n) is 6.85. The Hall–Kier alpha value is -2.14. The summed E-state index contributed by atoms with van der Waals surface area (Å²) in [5, 5.41) is 4.12. The molecule has 0 saturated carbocycles. The van der Waals surface area contributed by atoms with Gasteiger partial charge in [-0.1, -0.05) is 34.8 Å². The molecule has 1 heterocycles. The Morgan fingerprint density at radius 3 is 2.38 bits per heavy atom. The van der Waals surface area contributed by atoms with Crippen molar-refractivity contribution in [3.8, 4) is 11.3 Å². The Morgan fingerprint density at radius 1 is 0.958 bits per heavy atom. The van der Waals surface area contributed by atoms with Crippen LogP contribution in [-0.4, -0.2) is 5.91 Å². The van der Waals surface area contributed by atoms with Crippen molar-refractivity contribution in [2.45, 2.75) is 0 Å². The van der Waals surface area contributed by atoms with Gasteiger partial charge in [0.2, 0.25) is 0 Å². The number of hydrogen-bond donors (Lipinski definition) is 2. The summed E-state index contributed by atoms with van der Waals surface area (Å²) in [6, 6.07) is 13.1. The molecular weight excluding hydrogens is 371 g/mol. The molecule has 0 aliphatic carbocycles. The van der Waals surface area contributed by atoms with E-state index in [1.165, 1.54) is 0 Å². The van der Waals surface area contributed by atoms with E-state index in [4.69, 9.17) is 45.0 Å². The van der Waals surface area contributed by atoms with Gasteiger partial charge in [-0.05, 0) is 48.5 Å². The van der Waals surface area contributed by atoms with Crippen LogP contribution >= 0.6 is 34.8 Å². The predicted molar refractivity (Wildman–Crippen MR) is 98.0 cm³/mol. The van der Waals surface area contributed by atoms with E-state index in [1.807, 2.05) is 0 Å². The van der Waals surface area contributed by atoms with Crippen LogP contribution in [0.5, 0.6) is 0 Å². The summed E-state index contributed by atoms with van der Waals surface area (Å²) in [5.74, 6) is 0.164. The highest BCUT2D eigenvalue weighted by Crippen LogP contribution is 2.32. The van der Waals surface area contributed by atoms with Gasteiger partial charge in [-0.2, -0.15) is 0 Å². The first-order valence-corrected chi connectivity index (χ1v) is 7.99. The van der Waals surface area contributed by atoms with Crippen LogP contribution in [0.2, 0.25) is 15.1 Å². The summed E-state index contributed by atoms with van der Waals surface area (Å²) >= 11 is 17.9. The molecule has 2 aromatic carbocycles. The molecule has 0 atom stereocenters. The third kappa shape index (κ3) is 3.51. The number of benzene rings is 2. The molecule has 1 aromatic heterocycles. The minimum atomic E-state index is -0.430. The number of nitrogens with two attached hydrogens (primary N) is 1. The molecule has 0 aliphatic heterocycles. The maximum atomic E-state index is 12.3. The molecule has 0 aliphatic rings. The zero-order valence-electron chi connectivity index (χ0n) is 12.1. The van der Waals surface area contributed by atoms with Gasteiger partial charge >= 0.3 is 0 Å². The van der Waals surface area contributed by atoms with Gasteiger partial charge < -0.3 is 15.5 Å². The highest BCUT2D eigenvalue weighted by molar-refractivity contribution is 6.36. The summed E-state index contributed by atoms with van der Waals surface area (Å²) in [5.41, 5.74) is 7.28. The summed E-state index contributed by atoms with van der Waals surface area (Å²) in [4.78, 5) is 12.3. The lowest BCUT2D eigenvalue weighted by molar-refractivity contribution is 0.0997. The standard InChI is InChI=1S/C17H11Cl3N2O2/c18-9-1-3-11(12(20)7-9)15-5-6-16(24-15)17(23)22-14-4-2-10(19)8-13(14)21/h1-8H,21H2,(H,22,23). The monoisotopic (exact) mass is 380 g/mol. The SMILES string of the molecule is Nc1cc(Cl)ccc1NC(=O)c1ccc(-c2ccc(Cl)cc2Cl)o1. The van der Waals surface area contributed by atoms with Crippen molar-refractivity contribution >= 4 is 52.1 Å². The second-order valence-corrected chi connectivity index (χ2v) is 6.25.